The number of hydrogen-bond acceptors (Lipinski definition) is 6. The summed E-state index contributed by atoms with van der Waals surface area (Å²) in [7, 11) is 16.2. The van der Waals surface area contributed by atoms with Crippen molar-refractivity contribution < 1.29 is 9.59 Å². The van der Waals surface area contributed by atoms with Gasteiger partial charge >= 0.3 is 0 Å². The van der Waals surface area contributed by atoms with Crippen LogP contribution in [0.15, 0.2) is 109 Å². The molecule has 0 unspecified atom stereocenters. The van der Waals surface area contributed by atoms with Gasteiger partial charge in [-0.05, 0) is 95.8 Å². The highest BCUT2D eigenvalue weighted by Crippen LogP contribution is 2.35. The van der Waals surface area contributed by atoms with E-state index in [2.05, 4.69) is 129 Å². The molecule has 0 spiro atoms. The minimum Gasteiger partial charge on any atom is -0.378 e. The monoisotopic (exact) mass is 642 g/mol. The molecular formula is C42H50N4O2. The Hall–Kier alpha value is -5.10. The molecule has 0 fully saturated rings. The summed E-state index contributed by atoms with van der Waals surface area (Å²) in [5.41, 5.74) is 10.3. The van der Waals surface area contributed by atoms with Crippen LogP contribution < -0.4 is 19.6 Å². The second-order valence-corrected chi connectivity index (χ2v) is 13.2. The van der Waals surface area contributed by atoms with E-state index in [-0.39, 0.29) is 11.6 Å². The lowest BCUT2D eigenvalue weighted by Crippen LogP contribution is -2.27. The first-order valence-electron chi connectivity index (χ1n) is 16.3. The summed E-state index contributed by atoms with van der Waals surface area (Å²) in [5.74, 6) is -1.68. The third-order valence-electron chi connectivity index (χ3n) is 8.76. The van der Waals surface area contributed by atoms with Crippen LogP contribution >= 0.6 is 0 Å². The van der Waals surface area contributed by atoms with Crippen LogP contribution in [-0.2, 0) is 9.59 Å². The summed E-state index contributed by atoms with van der Waals surface area (Å²) < 4.78 is 0. The molecule has 0 saturated heterocycles. The fourth-order valence-corrected chi connectivity index (χ4v) is 5.93. The molecule has 48 heavy (non-hydrogen) atoms. The second kappa shape index (κ2) is 15.7. The zero-order valence-electron chi connectivity index (χ0n) is 30.2. The number of anilines is 4. The van der Waals surface area contributed by atoms with Crippen LogP contribution in [0.2, 0.25) is 0 Å². The van der Waals surface area contributed by atoms with Gasteiger partial charge in [-0.1, -0.05) is 60.7 Å². The molecule has 0 amide bonds. The molecule has 0 radical (unpaired) electrons. The van der Waals surface area contributed by atoms with Crippen LogP contribution in [0.3, 0.4) is 0 Å². The molecule has 0 aliphatic rings. The number of rotatable bonds is 13. The number of carbonyl (C=O) groups is 2. The number of benzene rings is 4. The van der Waals surface area contributed by atoms with Gasteiger partial charge in [-0.25, -0.2) is 0 Å². The Labute approximate surface area is 287 Å². The van der Waals surface area contributed by atoms with Crippen molar-refractivity contribution in [2.24, 2.45) is 11.8 Å². The maximum absolute atomic E-state index is 13.3. The quantitative estimate of drug-likeness (QED) is 0.138. The van der Waals surface area contributed by atoms with Crippen molar-refractivity contribution in [1.29, 1.82) is 0 Å². The van der Waals surface area contributed by atoms with Crippen molar-refractivity contribution in [2.75, 3.05) is 76.0 Å². The SMILES string of the molecule is CC(=O)C(C(C)=O)C(C=C(c1ccc(N(C)C)cc1)c1ccc(N(C)C)cc1)C=C(c1ccc(N(C)C)cc1)c1ccc(N(C)C)cc1. The van der Waals surface area contributed by atoms with E-state index < -0.39 is 11.8 Å². The van der Waals surface area contributed by atoms with Crippen molar-refractivity contribution in [3.05, 3.63) is 131 Å². The molecule has 6 nitrogen and oxygen atoms in total. The minimum absolute atomic E-state index is 0.157. The predicted octanol–water partition coefficient (Wildman–Crippen LogP) is 7.92. The Morgan fingerprint density at radius 3 is 0.792 bits per heavy atom. The lowest BCUT2D eigenvalue weighted by atomic mass is 9.80. The van der Waals surface area contributed by atoms with Gasteiger partial charge < -0.3 is 19.6 Å². The molecule has 0 N–H and O–H groups in total. The highest BCUT2D eigenvalue weighted by atomic mass is 16.1. The lowest BCUT2D eigenvalue weighted by molar-refractivity contribution is -0.131. The fraction of sp³-hybridized carbons (Fsp3) is 0.286. The van der Waals surface area contributed by atoms with Crippen molar-refractivity contribution in [1.82, 2.24) is 0 Å². The smallest absolute Gasteiger partial charge is 0.141 e. The first-order valence-corrected chi connectivity index (χ1v) is 16.3. The van der Waals surface area contributed by atoms with E-state index in [9.17, 15) is 9.59 Å². The minimum atomic E-state index is -0.848. The summed E-state index contributed by atoms with van der Waals surface area (Å²) in [4.78, 5) is 34.9. The Kier molecular flexibility index (Phi) is 11.7. The molecule has 0 aliphatic heterocycles. The summed E-state index contributed by atoms with van der Waals surface area (Å²) in [6, 6.07) is 33.7. The fourth-order valence-electron chi connectivity index (χ4n) is 5.93. The first kappa shape index (κ1) is 35.7. The molecule has 0 saturated carbocycles. The number of ketones is 2. The van der Waals surface area contributed by atoms with Gasteiger partial charge in [-0.3, -0.25) is 9.59 Å². The summed E-state index contributed by atoms with van der Waals surface area (Å²) in [6.45, 7) is 3.05. The van der Waals surface area contributed by atoms with Crippen molar-refractivity contribution in [3.8, 4) is 0 Å². The standard InChI is InChI=1S/C42H50N4O2/c1-29(47)42(30(2)48)35(27-40(31-11-19-36(20-12-31)43(3)4)32-13-21-37(22-14-32)44(5)6)28-41(33-15-23-38(24-16-33)45(7)8)34-17-25-39(26-18-34)46(9)10/h11-28,35,42H,1-10H3. The Bertz CT molecular complexity index is 1510. The average molecular weight is 643 g/mol. The molecule has 4 aromatic rings. The summed E-state index contributed by atoms with van der Waals surface area (Å²) >= 11 is 0. The van der Waals surface area contributed by atoms with Crippen molar-refractivity contribution in [3.63, 3.8) is 0 Å². The Morgan fingerprint density at radius 1 is 0.417 bits per heavy atom. The lowest BCUT2D eigenvalue weighted by Gasteiger charge is -2.23. The van der Waals surface area contributed by atoms with Crippen LogP contribution in [0, 0.1) is 11.8 Å². The third-order valence-corrected chi connectivity index (χ3v) is 8.76. The zero-order valence-corrected chi connectivity index (χ0v) is 30.2. The third kappa shape index (κ3) is 8.62. The second-order valence-electron chi connectivity index (χ2n) is 13.2. The van der Waals surface area contributed by atoms with E-state index in [1.54, 1.807) is 0 Å². The van der Waals surface area contributed by atoms with Gasteiger partial charge in [-0.15, -0.1) is 0 Å². The topological polar surface area (TPSA) is 47.1 Å². The van der Waals surface area contributed by atoms with Gasteiger partial charge in [0.05, 0.1) is 5.92 Å². The molecular weight excluding hydrogens is 592 g/mol. The van der Waals surface area contributed by atoms with E-state index in [0.29, 0.717) is 0 Å². The van der Waals surface area contributed by atoms with Gasteiger partial charge in [0.2, 0.25) is 0 Å². The molecule has 6 heteroatoms. The van der Waals surface area contributed by atoms with E-state index in [1.165, 1.54) is 13.8 Å². The highest BCUT2D eigenvalue weighted by Gasteiger charge is 2.29. The largest absolute Gasteiger partial charge is 0.378 e. The summed E-state index contributed by atoms with van der Waals surface area (Å²) in [5, 5.41) is 0. The molecule has 0 aromatic heterocycles. The van der Waals surface area contributed by atoms with Crippen LogP contribution in [0.25, 0.3) is 11.1 Å². The number of carbonyl (C=O) groups excluding carboxylic acids is 2. The molecule has 0 bridgehead atoms. The van der Waals surface area contributed by atoms with Gasteiger partial charge in [0.1, 0.15) is 11.6 Å². The normalized spacial score (nSPS) is 10.8. The van der Waals surface area contributed by atoms with Gasteiger partial charge in [-0.2, -0.15) is 0 Å². The number of hydrogen-bond donors (Lipinski definition) is 0. The average Bonchev–Trinajstić information content (AvgIpc) is 3.05. The molecule has 0 aliphatic carbocycles. The van der Waals surface area contributed by atoms with E-state index >= 15 is 0 Å². The molecule has 4 rings (SSSR count). The maximum atomic E-state index is 13.3. The summed E-state index contributed by atoms with van der Waals surface area (Å²) in [6.07, 6.45) is 4.23. The van der Waals surface area contributed by atoms with Crippen molar-refractivity contribution >= 4 is 45.5 Å². The number of allylic oxidation sites excluding steroid dienone is 2. The van der Waals surface area contributed by atoms with Gasteiger partial charge in [0.25, 0.3) is 0 Å². The highest BCUT2D eigenvalue weighted by molar-refractivity contribution is 6.02. The van der Waals surface area contributed by atoms with Crippen molar-refractivity contribution in [2.45, 2.75) is 13.8 Å². The van der Waals surface area contributed by atoms with Crippen LogP contribution in [0.1, 0.15) is 36.1 Å². The Balaban J connectivity index is 2.02. The first-order chi connectivity index (χ1) is 22.8. The molecule has 0 atom stereocenters. The van der Waals surface area contributed by atoms with Gasteiger partial charge in [0.15, 0.2) is 0 Å². The molecule has 250 valence electrons. The molecule has 0 heterocycles. The van der Waals surface area contributed by atoms with E-state index in [4.69, 9.17) is 0 Å². The maximum Gasteiger partial charge on any atom is 0.141 e. The van der Waals surface area contributed by atoms with Crippen LogP contribution in [-0.4, -0.2) is 67.9 Å². The number of Topliss-reactive ketones (excluding diaryl/α,β-unsaturated/α-hetero) is 2. The number of nitrogens with zero attached hydrogens (tertiary/aromatic N) is 4. The van der Waals surface area contributed by atoms with Crippen LogP contribution in [0.4, 0.5) is 22.7 Å². The molecule has 4 aromatic carbocycles. The van der Waals surface area contributed by atoms with Crippen LogP contribution in [0.5, 0.6) is 0 Å². The Morgan fingerprint density at radius 2 is 0.625 bits per heavy atom. The van der Waals surface area contributed by atoms with E-state index in [1.807, 2.05) is 56.4 Å². The predicted molar refractivity (Wildman–Crippen MR) is 206 cm³/mol. The zero-order chi connectivity index (χ0) is 35.1. The van der Waals surface area contributed by atoms with Gasteiger partial charge in [0, 0.05) is 85.0 Å². The van der Waals surface area contributed by atoms with E-state index in [0.717, 1.165) is 56.1 Å².